The zero-order valence-electron chi connectivity index (χ0n) is 16.9. The third-order valence-electron chi connectivity index (χ3n) is 6.47. The third kappa shape index (κ3) is 2.17. The summed E-state index contributed by atoms with van der Waals surface area (Å²) in [7, 11) is 4.33. The second-order valence-corrected chi connectivity index (χ2v) is 8.07. The Balaban J connectivity index is 1.61. The monoisotopic (exact) mass is 374 g/mol. The molecule has 6 rings (SSSR count). The number of hydrogen-bond acceptors (Lipinski definition) is 0. The van der Waals surface area contributed by atoms with Gasteiger partial charge in [0.25, 0.3) is 0 Å². The molecule has 140 valence electrons. The summed E-state index contributed by atoms with van der Waals surface area (Å²) in [4.78, 5) is 0. The van der Waals surface area contributed by atoms with Gasteiger partial charge in [-0.1, -0.05) is 60.7 Å². The van der Waals surface area contributed by atoms with E-state index in [4.69, 9.17) is 0 Å². The summed E-state index contributed by atoms with van der Waals surface area (Å²) >= 11 is 0. The summed E-state index contributed by atoms with van der Waals surface area (Å²) < 4.78 is 4.63. The first-order valence-electron chi connectivity index (χ1n) is 10.1. The van der Waals surface area contributed by atoms with Gasteiger partial charge in [-0.2, -0.15) is 0 Å². The van der Waals surface area contributed by atoms with Gasteiger partial charge in [-0.15, -0.1) is 0 Å². The highest BCUT2D eigenvalue weighted by atomic mass is 14.9. The second-order valence-electron chi connectivity index (χ2n) is 8.07. The topological polar surface area (TPSA) is 9.86 Å². The Bertz CT molecular complexity index is 1580. The van der Waals surface area contributed by atoms with Crippen LogP contribution in [0.3, 0.4) is 0 Å². The predicted molar refractivity (Wildman–Crippen MR) is 125 cm³/mol. The van der Waals surface area contributed by atoms with Crippen LogP contribution in [-0.4, -0.2) is 9.13 Å². The highest BCUT2D eigenvalue weighted by Crippen LogP contribution is 2.35. The van der Waals surface area contributed by atoms with Crippen molar-refractivity contribution in [2.24, 2.45) is 14.1 Å². The lowest BCUT2D eigenvalue weighted by Gasteiger charge is -2.06. The molecule has 2 heteroatoms. The van der Waals surface area contributed by atoms with Gasteiger partial charge in [-0.05, 0) is 41.8 Å². The molecule has 0 unspecified atom stereocenters. The van der Waals surface area contributed by atoms with Crippen molar-refractivity contribution in [2.75, 3.05) is 0 Å². The van der Waals surface area contributed by atoms with Crippen LogP contribution in [0.15, 0.2) is 78.9 Å². The summed E-state index contributed by atoms with van der Waals surface area (Å²) in [5.74, 6) is 0. The van der Waals surface area contributed by atoms with Gasteiger partial charge in [0.2, 0.25) is 0 Å². The van der Waals surface area contributed by atoms with Crippen molar-refractivity contribution in [3.05, 3.63) is 84.4 Å². The molecule has 0 aliphatic carbocycles. The maximum Gasteiger partial charge on any atom is 0.0518 e. The van der Waals surface area contributed by atoms with E-state index in [1.165, 1.54) is 60.3 Å². The van der Waals surface area contributed by atoms with Gasteiger partial charge in [-0.25, -0.2) is 0 Å². The van der Waals surface area contributed by atoms with Crippen molar-refractivity contribution in [1.82, 2.24) is 9.13 Å². The molecule has 0 fully saturated rings. The van der Waals surface area contributed by atoms with Gasteiger partial charge in [0, 0.05) is 52.2 Å². The maximum absolute atomic E-state index is 2.33. The molecule has 0 saturated heterocycles. The van der Waals surface area contributed by atoms with Crippen LogP contribution >= 0.6 is 0 Å². The Labute approximate surface area is 169 Å². The van der Waals surface area contributed by atoms with E-state index in [2.05, 4.69) is 109 Å². The molecule has 6 aromatic rings. The van der Waals surface area contributed by atoms with Crippen LogP contribution in [0, 0.1) is 6.92 Å². The molecule has 2 aromatic heterocycles. The van der Waals surface area contributed by atoms with Crippen LogP contribution < -0.4 is 0 Å². The molecule has 4 aromatic carbocycles. The number of fused-ring (bicyclic) bond motifs is 6. The highest BCUT2D eigenvalue weighted by molar-refractivity contribution is 6.11. The third-order valence-corrected chi connectivity index (χ3v) is 6.47. The lowest BCUT2D eigenvalue weighted by atomic mass is 10.0. The van der Waals surface area contributed by atoms with E-state index in [1.54, 1.807) is 0 Å². The van der Waals surface area contributed by atoms with Gasteiger partial charge in [0.15, 0.2) is 0 Å². The first kappa shape index (κ1) is 16.4. The first-order chi connectivity index (χ1) is 14.1. The van der Waals surface area contributed by atoms with Gasteiger partial charge >= 0.3 is 0 Å². The largest absolute Gasteiger partial charge is 0.344 e. The van der Waals surface area contributed by atoms with E-state index in [0.29, 0.717) is 0 Å². The molecule has 0 spiro atoms. The van der Waals surface area contributed by atoms with E-state index in [0.717, 1.165) is 0 Å². The molecular weight excluding hydrogens is 352 g/mol. The summed E-state index contributed by atoms with van der Waals surface area (Å²) in [6.45, 7) is 2.19. The minimum atomic E-state index is 1.26. The standard InChI is InChI=1S/C27H22N2/c1-17-7-6-9-23-22-14-12-19(16-26(22)29(3)27(17)23)18-11-13-21-20-8-4-5-10-24(20)28(2)25(21)15-18/h4-16H,1-3H3. The summed E-state index contributed by atoms with van der Waals surface area (Å²) in [6.07, 6.45) is 0. The molecule has 29 heavy (non-hydrogen) atoms. The smallest absolute Gasteiger partial charge is 0.0518 e. The van der Waals surface area contributed by atoms with Crippen LogP contribution in [0.5, 0.6) is 0 Å². The summed E-state index contributed by atoms with van der Waals surface area (Å²) in [5, 5.41) is 5.28. The molecule has 0 amide bonds. The van der Waals surface area contributed by atoms with Crippen molar-refractivity contribution in [3.63, 3.8) is 0 Å². The number of aryl methyl sites for hydroxylation is 3. The van der Waals surface area contributed by atoms with Crippen molar-refractivity contribution in [3.8, 4) is 11.1 Å². The fourth-order valence-corrected chi connectivity index (χ4v) is 5.00. The van der Waals surface area contributed by atoms with Gasteiger partial charge < -0.3 is 9.13 Å². The summed E-state index contributed by atoms with van der Waals surface area (Å²) in [6, 6.07) is 28.9. The Morgan fingerprint density at radius 2 is 1.10 bits per heavy atom. The number of benzene rings is 4. The number of aromatic nitrogens is 2. The minimum absolute atomic E-state index is 1.26. The van der Waals surface area contributed by atoms with Crippen LogP contribution in [0.25, 0.3) is 54.7 Å². The average Bonchev–Trinajstić information content (AvgIpc) is 3.21. The summed E-state index contributed by atoms with van der Waals surface area (Å²) in [5.41, 5.74) is 8.99. The molecule has 0 bridgehead atoms. The van der Waals surface area contributed by atoms with Crippen molar-refractivity contribution in [2.45, 2.75) is 6.92 Å². The van der Waals surface area contributed by atoms with E-state index in [9.17, 15) is 0 Å². The Kier molecular flexibility index (Phi) is 3.25. The normalized spacial score (nSPS) is 12.0. The maximum atomic E-state index is 2.33. The Morgan fingerprint density at radius 1 is 0.517 bits per heavy atom. The molecule has 0 atom stereocenters. The molecular formula is C27H22N2. The SMILES string of the molecule is Cc1cccc2c3ccc(-c4ccc5c6ccccc6n(C)c5c4)cc3n(C)c12. The van der Waals surface area contributed by atoms with E-state index in [-0.39, 0.29) is 0 Å². The predicted octanol–water partition coefficient (Wildman–Crippen LogP) is 6.95. The van der Waals surface area contributed by atoms with Crippen LogP contribution in [0.2, 0.25) is 0 Å². The zero-order valence-corrected chi connectivity index (χ0v) is 16.9. The van der Waals surface area contributed by atoms with Gasteiger partial charge in [0.1, 0.15) is 0 Å². The highest BCUT2D eigenvalue weighted by Gasteiger charge is 2.12. The zero-order chi connectivity index (χ0) is 19.7. The fraction of sp³-hybridized carbons (Fsp3) is 0.111. The van der Waals surface area contributed by atoms with Crippen molar-refractivity contribution >= 4 is 43.6 Å². The minimum Gasteiger partial charge on any atom is -0.344 e. The van der Waals surface area contributed by atoms with Crippen molar-refractivity contribution in [1.29, 1.82) is 0 Å². The molecule has 2 heterocycles. The Hall–Kier alpha value is -3.52. The van der Waals surface area contributed by atoms with E-state index in [1.807, 2.05) is 0 Å². The fourth-order valence-electron chi connectivity index (χ4n) is 5.00. The molecule has 0 radical (unpaired) electrons. The Morgan fingerprint density at radius 3 is 1.86 bits per heavy atom. The van der Waals surface area contributed by atoms with Crippen molar-refractivity contribution < 1.29 is 0 Å². The van der Waals surface area contributed by atoms with Crippen LogP contribution in [-0.2, 0) is 14.1 Å². The quantitative estimate of drug-likeness (QED) is 0.295. The molecule has 0 N–H and O–H groups in total. The van der Waals surface area contributed by atoms with E-state index >= 15 is 0 Å². The number of rotatable bonds is 1. The lowest BCUT2D eigenvalue weighted by molar-refractivity contribution is 1.01. The molecule has 0 aliphatic rings. The van der Waals surface area contributed by atoms with Crippen LogP contribution in [0.4, 0.5) is 0 Å². The van der Waals surface area contributed by atoms with Gasteiger partial charge in [0.05, 0.1) is 5.52 Å². The van der Waals surface area contributed by atoms with Crippen LogP contribution in [0.1, 0.15) is 5.56 Å². The lowest BCUT2D eigenvalue weighted by Crippen LogP contribution is -1.90. The number of hydrogen-bond donors (Lipinski definition) is 0. The number of para-hydroxylation sites is 2. The molecule has 0 aliphatic heterocycles. The second kappa shape index (κ2) is 5.74. The average molecular weight is 374 g/mol. The van der Waals surface area contributed by atoms with Gasteiger partial charge in [-0.3, -0.25) is 0 Å². The first-order valence-corrected chi connectivity index (χ1v) is 10.1. The molecule has 2 nitrogen and oxygen atoms in total. The number of nitrogens with zero attached hydrogens (tertiary/aromatic N) is 2. The molecule has 0 saturated carbocycles. The van der Waals surface area contributed by atoms with E-state index < -0.39 is 0 Å².